The summed E-state index contributed by atoms with van der Waals surface area (Å²) in [5, 5.41) is 0. The van der Waals surface area contributed by atoms with Gasteiger partial charge < -0.3 is 4.79 Å². The molecule has 0 aliphatic carbocycles. The molecule has 1 unspecified atom stereocenters. The highest BCUT2D eigenvalue weighted by atomic mass is 32.2. The van der Waals surface area contributed by atoms with Crippen LogP contribution >= 0.6 is 0 Å². The lowest BCUT2D eigenvalue weighted by Crippen LogP contribution is -2.44. The summed E-state index contributed by atoms with van der Waals surface area (Å²) in [4.78, 5) is 12.9. The normalized spacial score (nSPS) is 23.6. The summed E-state index contributed by atoms with van der Waals surface area (Å²) in [5.74, 6) is 0.140. The number of hydrogen-bond acceptors (Lipinski definition) is 4. The van der Waals surface area contributed by atoms with E-state index >= 15 is 0 Å². The van der Waals surface area contributed by atoms with Crippen molar-refractivity contribution in [3.05, 3.63) is 0 Å². The van der Waals surface area contributed by atoms with Gasteiger partial charge in [0.05, 0.1) is 16.5 Å². The molecule has 0 spiro atoms. The predicted octanol–water partition coefficient (Wildman–Crippen LogP) is 1.25. The zero-order valence-corrected chi connectivity index (χ0v) is 11.8. The first-order chi connectivity index (χ1) is 7.78. The van der Waals surface area contributed by atoms with Crippen LogP contribution < -0.4 is 0 Å². The van der Waals surface area contributed by atoms with Crippen LogP contribution in [0.3, 0.4) is 0 Å². The molecule has 5 heteroatoms. The van der Waals surface area contributed by atoms with Crippen LogP contribution in [0, 0.1) is 0 Å². The lowest BCUT2D eigenvalue weighted by molar-refractivity contribution is -0.113. The SMILES string of the molecule is CC(C)(C)S(=O)(=O)CCN1CCCCC1C=O. The molecule has 1 fully saturated rings. The summed E-state index contributed by atoms with van der Waals surface area (Å²) in [6.45, 7) is 6.47. The number of aldehydes is 1. The third-order valence-electron chi connectivity index (χ3n) is 3.40. The highest BCUT2D eigenvalue weighted by Gasteiger charge is 2.30. The zero-order chi connectivity index (χ0) is 13.1. The molecule has 0 N–H and O–H groups in total. The van der Waals surface area contributed by atoms with E-state index < -0.39 is 14.6 Å². The topological polar surface area (TPSA) is 54.5 Å². The van der Waals surface area contributed by atoms with Gasteiger partial charge in [-0.1, -0.05) is 6.42 Å². The fourth-order valence-corrected chi connectivity index (χ4v) is 3.08. The number of hydrogen-bond donors (Lipinski definition) is 0. The maximum Gasteiger partial charge on any atom is 0.156 e. The molecule has 1 atom stereocenters. The van der Waals surface area contributed by atoms with E-state index in [2.05, 4.69) is 0 Å². The molecule has 1 aliphatic rings. The van der Waals surface area contributed by atoms with Crippen molar-refractivity contribution < 1.29 is 13.2 Å². The summed E-state index contributed by atoms with van der Waals surface area (Å²) in [6, 6.07) is -0.0843. The molecular weight excluding hydrogens is 238 g/mol. The van der Waals surface area contributed by atoms with E-state index in [-0.39, 0.29) is 11.8 Å². The van der Waals surface area contributed by atoms with Gasteiger partial charge in [-0.05, 0) is 40.2 Å². The number of carbonyl (C=O) groups excluding carboxylic acids is 1. The molecule has 0 aromatic rings. The molecule has 4 nitrogen and oxygen atoms in total. The van der Waals surface area contributed by atoms with E-state index in [1.807, 2.05) is 4.90 Å². The number of rotatable bonds is 4. The van der Waals surface area contributed by atoms with Crippen molar-refractivity contribution in [2.24, 2.45) is 0 Å². The average molecular weight is 261 g/mol. The van der Waals surface area contributed by atoms with Crippen molar-refractivity contribution in [1.29, 1.82) is 0 Å². The van der Waals surface area contributed by atoms with Crippen molar-refractivity contribution in [1.82, 2.24) is 4.90 Å². The van der Waals surface area contributed by atoms with Gasteiger partial charge >= 0.3 is 0 Å². The molecule has 1 heterocycles. The van der Waals surface area contributed by atoms with Crippen molar-refractivity contribution in [3.8, 4) is 0 Å². The molecule has 0 radical (unpaired) electrons. The Bertz CT molecular complexity index is 356. The van der Waals surface area contributed by atoms with E-state index in [0.717, 1.165) is 32.1 Å². The molecule has 0 bridgehead atoms. The second-order valence-corrected chi connectivity index (χ2v) is 8.53. The van der Waals surface area contributed by atoms with Gasteiger partial charge in [0, 0.05) is 6.54 Å². The maximum atomic E-state index is 12.0. The van der Waals surface area contributed by atoms with Crippen LogP contribution in [0.15, 0.2) is 0 Å². The Balaban J connectivity index is 2.58. The van der Waals surface area contributed by atoms with E-state index in [1.165, 1.54) is 0 Å². The standard InChI is InChI=1S/C12H23NO3S/c1-12(2,3)17(15,16)9-8-13-7-5-4-6-11(13)10-14/h10-11H,4-9H2,1-3H3. The minimum absolute atomic E-state index is 0.0843. The largest absolute Gasteiger partial charge is 0.302 e. The minimum Gasteiger partial charge on any atom is -0.302 e. The lowest BCUT2D eigenvalue weighted by Gasteiger charge is -2.32. The van der Waals surface area contributed by atoms with E-state index in [1.54, 1.807) is 20.8 Å². The average Bonchev–Trinajstić information content (AvgIpc) is 2.25. The van der Waals surface area contributed by atoms with Gasteiger partial charge in [0.25, 0.3) is 0 Å². The lowest BCUT2D eigenvalue weighted by atomic mass is 10.0. The summed E-state index contributed by atoms with van der Waals surface area (Å²) < 4.78 is 23.2. The minimum atomic E-state index is -3.09. The van der Waals surface area contributed by atoms with Gasteiger partial charge in [0.1, 0.15) is 6.29 Å². The van der Waals surface area contributed by atoms with Gasteiger partial charge in [0.2, 0.25) is 0 Å². The Labute approximate surface area is 104 Å². The number of sulfone groups is 1. The molecule has 17 heavy (non-hydrogen) atoms. The summed E-state index contributed by atoms with van der Waals surface area (Å²) >= 11 is 0. The Kier molecular flexibility index (Phi) is 4.72. The monoisotopic (exact) mass is 261 g/mol. The van der Waals surface area contributed by atoms with Crippen molar-refractivity contribution in [3.63, 3.8) is 0 Å². The number of likely N-dealkylation sites (tertiary alicyclic amines) is 1. The van der Waals surface area contributed by atoms with Crippen LogP contribution in [0.1, 0.15) is 40.0 Å². The van der Waals surface area contributed by atoms with E-state index in [9.17, 15) is 13.2 Å². The summed E-state index contributed by atoms with van der Waals surface area (Å²) in [6.07, 6.45) is 3.92. The fourth-order valence-electron chi connectivity index (χ4n) is 1.99. The quantitative estimate of drug-likeness (QED) is 0.715. The first-order valence-electron chi connectivity index (χ1n) is 6.19. The van der Waals surface area contributed by atoms with Gasteiger partial charge in [-0.25, -0.2) is 8.42 Å². The van der Waals surface area contributed by atoms with Crippen LogP contribution in [-0.2, 0) is 14.6 Å². The van der Waals surface area contributed by atoms with Gasteiger partial charge in [-0.3, -0.25) is 4.90 Å². The fraction of sp³-hybridized carbons (Fsp3) is 0.917. The summed E-state index contributed by atoms with van der Waals surface area (Å²) in [7, 11) is -3.09. The summed E-state index contributed by atoms with van der Waals surface area (Å²) in [5.41, 5.74) is 0. The predicted molar refractivity (Wildman–Crippen MR) is 68.8 cm³/mol. The number of nitrogens with zero attached hydrogens (tertiary/aromatic N) is 1. The second kappa shape index (κ2) is 5.48. The molecule has 0 aromatic heterocycles. The Hall–Kier alpha value is -0.420. The Morgan fingerprint density at radius 1 is 1.29 bits per heavy atom. The third-order valence-corrected chi connectivity index (χ3v) is 5.99. The van der Waals surface area contributed by atoms with Gasteiger partial charge in [-0.2, -0.15) is 0 Å². The first kappa shape index (κ1) is 14.6. The molecule has 100 valence electrons. The third kappa shape index (κ3) is 3.78. The molecule has 1 rings (SSSR count). The van der Waals surface area contributed by atoms with E-state index in [0.29, 0.717) is 6.54 Å². The van der Waals surface area contributed by atoms with Crippen molar-refractivity contribution in [2.75, 3.05) is 18.8 Å². The van der Waals surface area contributed by atoms with Crippen LogP contribution in [0.5, 0.6) is 0 Å². The first-order valence-corrected chi connectivity index (χ1v) is 7.85. The van der Waals surface area contributed by atoms with Crippen molar-refractivity contribution in [2.45, 2.75) is 50.8 Å². The van der Waals surface area contributed by atoms with Crippen LogP contribution in [0.2, 0.25) is 0 Å². The molecule has 0 aromatic carbocycles. The van der Waals surface area contributed by atoms with Gasteiger partial charge in [0.15, 0.2) is 9.84 Å². The highest BCUT2D eigenvalue weighted by Crippen LogP contribution is 2.19. The Morgan fingerprint density at radius 3 is 2.47 bits per heavy atom. The smallest absolute Gasteiger partial charge is 0.156 e. The zero-order valence-electron chi connectivity index (χ0n) is 11.0. The van der Waals surface area contributed by atoms with Gasteiger partial charge in [-0.15, -0.1) is 0 Å². The van der Waals surface area contributed by atoms with E-state index in [4.69, 9.17) is 0 Å². The van der Waals surface area contributed by atoms with Crippen molar-refractivity contribution >= 4 is 16.1 Å². The molecule has 1 saturated heterocycles. The molecule has 1 aliphatic heterocycles. The number of carbonyl (C=O) groups is 1. The number of piperidine rings is 1. The molecule has 0 amide bonds. The van der Waals surface area contributed by atoms with Crippen LogP contribution in [-0.4, -0.2) is 49.2 Å². The maximum absolute atomic E-state index is 12.0. The Morgan fingerprint density at radius 2 is 1.94 bits per heavy atom. The highest BCUT2D eigenvalue weighted by molar-refractivity contribution is 7.92. The van der Waals surface area contributed by atoms with Crippen LogP contribution in [0.4, 0.5) is 0 Å². The molecule has 0 saturated carbocycles. The second-order valence-electron chi connectivity index (χ2n) is 5.67. The van der Waals surface area contributed by atoms with Crippen LogP contribution in [0.25, 0.3) is 0 Å². The molecular formula is C12H23NO3S.